The van der Waals surface area contributed by atoms with Gasteiger partial charge in [-0.2, -0.15) is 0 Å². The van der Waals surface area contributed by atoms with Gasteiger partial charge >= 0.3 is 6.09 Å². The lowest BCUT2D eigenvalue weighted by molar-refractivity contribution is -0.128. The smallest absolute Gasteiger partial charge is 0.410 e. The second-order valence-corrected chi connectivity index (χ2v) is 6.49. The molecule has 0 aliphatic carbocycles. The van der Waals surface area contributed by atoms with Crippen molar-refractivity contribution in [2.24, 2.45) is 11.3 Å². The van der Waals surface area contributed by atoms with Crippen LogP contribution in [0.3, 0.4) is 0 Å². The molecular formula is C13H22N2O3. The first kappa shape index (κ1) is 13.3. The summed E-state index contributed by atoms with van der Waals surface area (Å²) < 4.78 is 5.32. The summed E-state index contributed by atoms with van der Waals surface area (Å²) in [4.78, 5) is 25.1. The van der Waals surface area contributed by atoms with Gasteiger partial charge in [-0.25, -0.2) is 4.79 Å². The van der Waals surface area contributed by atoms with Gasteiger partial charge in [0.05, 0.1) is 0 Å². The number of hydrogen-bond acceptors (Lipinski definition) is 4. The number of amides is 1. The van der Waals surface area contributed by atoms with Crippen LogP contribution in [-0.4, -0.2) is 48.6 Å². The highest BCUT2D eigenvalue weighted by Gasteiger charge is 2.55. The van der Waals surface area contributed by atoms with E-state index in [-0.39, 0.29) is 23.2 Å². The average molecular weight is 254 g/mol. The molecular weight excluding hydrogens is 232 g/mol. The van der Waals surface area contributed by atoms with Crippen LogP contribution < -0.4 is 5.32 Å². The summed E-state index contributed by atoms with van der Waals surface area (Å²) in [5.74, 6) is 0.250. The molecule has 1 atom stereocenters. The zero-order chi connectivity index (χ0) is 13.6. The molecule has 2 heterocycles. The van der Waals surface area contributed by atoms with Crippen LogP contribution in [0.2, 0.25) is 0 Å². The van der Waals surface area contributed by atoms with E-state index in [4.69, 9.17) is 4.74 Å². The number of hydrogen-bond donors (Lipinski definition) is 1. The lowest BCUT2D eigenvalue weighted by Crippen LogP contribution is -2.63. The highest BCUT2D eigenvalue weighted by molar-refractivity contribution is 5.81. The van der Waals surface area contributed by atoms with Crippen molar-refractivity contribution in [2.75, 3.05) is 26.2 Å². The fourth-order valence-corrected chi connectivity index (χ4v) is 2.88. The maximum Gasteiger partial charge on any atom is 0.410 e. The first-order valence-electron chi connectivity index (χ1n) is 6.43. The van der Waals surface area contributed by atoms with E-state index in [0.29, 0.717) is 13.1 Å². The van der Waals surface area contributed by atoms with E-state index in [2.05, 4.69) is 5.32 Å². The molecule has 0 aromatic rings. The van der Waals surface area contributed by atoms with Gasteiger partial charge in [-0.05, 0) is 27.7 Å². The van der Waals surface area contributed by atoms with E-state index in [1.165, 1.54) is 0 Å². The van der Waals surface area contributed by atoms with Crippen LogP contribution in [0.15, 0.2) is 0 Å². The molecule has 2 saturated heterocycles. The van der Waals surface area contributed by atoms with Crippen molar-refractivity contribution in [2.45, 2.75) is 33.3 Å². The van der Waals surface area contributed by atoms with E-state index >= 15 is 0 Å². The largest absolute Gasteiger partial charge is 0.444 e. The highest BCUT2D eigenvalue weighted by Crippen LogP contribution is 2.41. The summed E-state index contributed by atoms with van der Waals surface area (Å²) >= 11 is 0. The number of carbonyl (C=O) groups is 2. The zero-order valence-electron chi connectivity index (χ0n) is 11.6. The van der Waals surface area contributed by atoms with Crippen molar-refractivity contribution in [3.63, 3.8) is 0 Å². The summed E-state index contributed by atoms with van der Waals surface area (Å²) in [6.07, 6.45) is -0.276. The highest BCUT2D eigenvalue weighted by atomic mass is 16.6. The first-order chi connectivity index (χ1) is 8.23. The van der Waals surface area contributed by atoms with Gasteiger partial charge in [0.25, 0.3) is 0 Å². The monoisotopic (exact) mass is 254 g/mol. The number of likely N-dealkylation sites (tertiary alicyclic amines) is 1. The van der Waals surface area contributed by atoms with Gasteiger partial charge in [0.2, 0.25) is 0 Å². The molecule has 0 bridgehead atoms. The van der Waals surface area contributed by atoms with Crippen molar-refractivity contribution in [1.29, 1.82) is 0 Å². The molecule has 18 heavy (non-hydrogen) atoms. The van der Waals surface area contributed by atoms with Crippen LogP contribution in [-0.2, 0) is 9.53 Å². The Morgan fingerprint density at radius 3 is 2.44 bits per heavy atom. The van der Waals surface area contributed by atoms with Gasteiger partial charge in [-0.3, -0.25) is 4.79 Å². The fourth-order valence-electron chi connectivity index (χ4n) is 2.88. The Labute approximate surface area is 108 Å². The minimum Gasteiger partial charge on any atom is -0.444 e. The van der Waals surface area contributed by atoms with Crippen molar-refractivity contribution < 1.29 is 14.3 Å². The predicted octanol–water partition coefficient (Wildman–Crippen LogP) is 1.03. The molecule has 5 nitrogen and oxygen atoms in total. The number of rotatable bonds is 1. The predicted molar refractivity (Wildman–Crippen MR) is 67.3 cm³/mol. The number of carbonyl (C=O) groups excluding carboxylic acids is 2. The second kappa shape index (κ2) is 4.23. The Morgan fingerprint density at radius 1 is 1.33 bits per heavy atom. The maximum atomic E-state index is 11.9. The molecule has 0 aromatic heterocycles. The van der Waals surface area contributed by atoms with Crippen molar-refractivity contribution >= 4 is 11.9 Å². The normalized spacial score (nSPS) is 26.0. The quantitative estimate of drug-likeness (QED) is 0.759. The van der Waals surface area contributed by atoms with E-state index in [1.807, 2.05) is 20.8 Å². The summed E-state index contributed by atoms with van der Waals surface area (Å²) in [6, 6.07) is 0. The van der Waals surface area contributed by atoms with Crippen LogP contribution in [0, 0.1) is 11.3 Å². The molecule has 1 spiro atoms. The van der Waals surface area contributed by atoms with Crippen LogP contribution in [0.1, 0.15) is 27.7 Å². The molecule has 0 radical (unpaired) electrons. The van der Waals surface area contributed by atoms with Gasteiger partial charge in [-0.15, -0.1) is 0 Å². The first-order valence-corrected chi connectivity index (χ1v) is 6.43. The fraction of sp³-hybridized carbons (Fsp3) is 0.846. The molecule has 0 saturated carbocycles. The Balaban J connectivity index is 1.93. The van der Waals surface area contributed by atoms with E-state index < -0.39 is 5.60 Å². The molecule has 2 fully saturated rings. The van der Waals surface area contributed by atoms with Gasteiger partial charge < -0.3 is 15.0 Å². The number of Topliss-reactive ketones (excluding diaryl/α,β-unsaturated/α-hetero) is 1. The molecule has 0 aromatic carbocycles. The van der Waals surface area contributed by atoms with Gasteiger partial charge in [0.1, 0.15) is 11.4 Å². The van der Waals surface area contributed by atoms with Gasteiger partial charge in [0.15, 0.2) is 0 Å². The molecule has 2 aliphatic rings. The SMILES string of the molecule is CC(=O)[C@H]1CNCC12CN(C(=O)OC(C)(C)C)C2. The third-order valence-electron chi connectivity index (χ3n) is 3.72. The minimum absolute atomic E-state index is 0.0381. The Kier molecular flexibility index (Phi) is 3.13. The van der Waals surface area contributed by atoms with E-state index in [0.717, 1.165) is 13.1 Å². The Bertz CT molecular complexity index is 367. The van der Waals surface area contributed by atoms with Crippen LogP contribution >= 0.6 is 0 Å². The van der Waals surface area contributed by atoms with E-state index in [1.54, 1.807) is 11.8 Å². The Morgan fingerprint density at radius 2 is 1.94 bits per heavy atom. The molecule has 1 N–H and O–H groups in total. The van der Waals surface area contributed by atoms with Gasteiger partial charge in [-0.1, -0.05) is 0 Å². The van der Waals surface area contributed by atoms with Crippen LogP contribution in [0.4, 0.5) is 4.79 Å². The maximum absolute atomic E-state index is 11.9. The topological polar surface area (TPSA) is 58.6 Å². The minimum atomic E-state index is -0.465. The summed E-state index contributed by atoms with van der Waals surface area (Å²) in [6.45, 7) is 10.0. The standard InChI is InChI=1S/C13H22N2O3/c1-9(16)10-5-14-6-13(10)7-15(8-13)11(17)18-12(2,3)4/h10,14H,5-8H2,1-4H3/t10-/m1/s1. The third-order valence-corrected chi connectivity index (χ3v) is 3.72. The molecule has 2 aliphatic heterocycles. The average Bonchev–Trinajstić information content (AvgIpc) is 2.55. The number of nitrogens with one attached hydrogen (secondary N) is 1. The van der Waals surface area contributed by atoms with Crippen LogP contribution in [0.25, 0.3) is 0 Å². The van der Waals surface area contributed by atoms with Crippen molar-refractivity contribution in [3.8, 4) is 0 Å². The molecule has 1 amide bonds. The summed E-state index contributed by atoms with van der Waals surface area (Å²) in [5, 5.41) is 3.25. The number of ketones is 1. The molecule has 2 rings (SSSR count). The molecule has 0 unspecified atom stereocenters. The Hall–Kier alpha value is -1.10. The zero-order valence-corrected chi connectivity index (χ0v) is 11.6. The summed E-state index contributed by atoms with van der Waals surface area (Å²) in [5.41, 5.74) is -0.517. The van der Waals surface area contributed by atoms with Crippen LogP contribution in [0.5, 0.6) is 0 Å². The number of nitrogens with zero attached hydrogens (tertiary/aromatic N) is 1. The molecule has 102 valence electrons. The van der Waals surface area contributed by atoms with Gasteiger partial charge in [0, 0.05) is 37.5 Å². The van der Waals surface area contributed by atoms with Crippen molar-refractivity contribution in [1.82, 2.24) is 10.2 Å². The second-order valence-electron chi connectivity index (χ2n) is 6.49. The van der Waals surface area contributed by atoms with E-state index in [9.17, 15) is 9.59 Å². The van der Waals surface area contributed by atoms with Crippen molar-refractivity contribution in [3.05, 3.63) is 0 Å². The lowest BCUT2D eigenvalue weighted by atomic mass is 9.70. The summed E-state index contributed by atoms with van der Waals surface area (Å²) in [7, 11) is 0. The molecule has 5 heteroatoms. The lowest BCUT2D eigenvalue weighted by Gasteiger charge is -2.50. The number of ether oxygens (including phenoxy) is 1. The third kappa shape index (κ3) is 2.36.